The topological polar surface area (TPSA) is 88.6 Å². The molecule has 3 rings (SSSR count). The molecule has 0 saturated heterocycles. The van der Waals surface area contributed by atoms with Gasteiger partial charge in [0.15, 0.2) is 10.9 Å². The number of nitrogens with zero attached hydrogens (tertiary/aromatic N) is 2. The molecule has 0 aliphatic carbocycles. The molecule has 9 heteroatoms. The first-order valence-electron chi connectivity index (χ1n) is 8.30. The van der Waals surface area contributed by atoms with Crippen LogP contribution in [0, 0.1) is 6.92 Å². The van der Waals surface area contributed by atoms with Gasteiger partial charge < -0.3 is 10.1 Å². The number of aryl methyl sites for hydroxylation is 1. The van der Waals surface area contributed by atoms with Crippen LogP contribution >= 0.6 is 11.3 Å². The van der Waals surface area contributed by atoms with Crippen molar-refractivity contribution in [3.63, 3.8) is 0 Å². The summed E-state index contributed by atoms with van der Waals surface area (Å²) in [6.07, 6.45) is 1.08. The van der Waals surface area contributed by atoms with Crippen LogP contribution in [-0.2, 0) is 10.0 Å². The maximum absolute atomic E-state index is 12.8. The number of thiazole rings is 1. The Hall–Kier alpha value is -2.91. The molecule has 1 N–H and O–H groups in total. The van der Waals surface area contributed by atoms with E-state index in [1.54, 1.807) is 25.1 Å². The van der Waals surface area contributed by atoms with Crippen LogP contribution in [0.2, 0.25) is 0 Å². The fourth-order valence-electron chi connectivity index (χ4n) is 2.32. The zero-order chi connectivity index (χ0) is 20.3. The maximum Gasteiger partial charge on any atom is 0.267 e. The zero-order valence-electron chi connectivity index (χ0n) is 15.5. The van der Waals surface area contributed by atoms with Crippen LogP contribution in [0.25, 0.3) is 0 Å². The Labute approximate surface area is 167 Å². The zero-order valence-corrected chi connectivity index (χ0v) is 17.2. The molecule has 3 aromatic rings. The van der Waals surface area contributed by atoms with Gasteiger partial charge in [0, 0.05) is 7.05 Å². The van der Waals surface area contributed by atoms with Gasteiger partial charge in [-0.3, -0.25) is 4.79 Å². The van der Waals surface area contributed by atoms with Gasteiger partial charge in [-0.25, -0.2) is 17.7 Å². The quantitative estimate of drug-likeness (QED) is 0.657. The van der Waals surface area contributed by atoms with Gasteiger partial charge in [-0.2, -0.15) is 0 Å². The van der Waals surface area contributed by atoms with Crippen LogP contribution in [-0.4, -0.2) is 32.6 Å². The third-order valence-corrected chi connectivity index (χ3v) is 6.38. The molecule has 0 aliphatic heterocycles. The number of ether oxygens (including phenoxy) is 1. The highest BCUT2D eigenvalue weighted by molar-refractivity contribution is 7.92. The van der Waals surface area contributed by atoms with Crippen LogP contribution < -0.4 is 14.4 Å². The number of para-hydroxylation sites is 3. The van der Waals surface area contributed by atoms with E-state index in [9.17, 15) is 13.2 Å². The molecule has 0 fully saturated rings. The maximum atomic E-state index is 12.8. The van der Waals surface area contributed by atoms with E-state index in [4.69, 9.17) is 4.74 Å². The van der Waals surface area contributed by atoms with Crippen molar-refractivity contribution in [2.45, 2.75) is 6.92 Å². The van der Waals surface area contributed by atoms with Crippen LogP contribution in [0.15, 0.2) is 54.6 Å². The smallest absolute Gasteiger partial charge is 0.267 e. The molecule has 146 valence electrons. The minimum atomic E-state index is -3.46. The molecule has 0 radical (unpaired) electrons. The number of carbonyl (C=O) groups excluding carboxylic acids is 1. The van der Waals surface area contributed by atoms with Crippen LogP contribution in [0.5, 0.6) is 11.5 Å². The van der Waals surface area contributed by atoms with Gasteiger partial charge >= 0.3 is 0 Å². The summed E-state index contributed by atoms with van der Waals surface area (Å²) in [6, 6.07) is 16.3. The Morgan fingerprint density at radius 2 is 1.75 bits per heavy atom. The summed E-state index contributed by atoms with van der Waals surface area (Å²) in [6.45, 7) is 1.66. The highest BCUT2D eigenvalue weighted by atomic mass is 32.2. The second-order valence-corrected chi connectivity index (χ2v) is 9.00. The standard InChI is InChI=1S/C19H19N3O4S2/c1-13-17(27-19(20-13)22(2)28(3,24)25)18(23)21-15-11-7-8-12-16(15)26-14-9-5-4-6-10-14/h4-12H,1-3H3,(H,21,23). The number of hydrogen-bond acceptors (Lipinski definition) is 6. The number of hydrogen-bond donors (Lipinski definition) is 1. The molecule has 0 atom stereocenters. The largest absolute Gasteiger partial charge is 0.455 e. The fraction of sp³-hybridized carbons (Fsp3) is 0.158. The van der Waals surface area contributed by atoms with E-state index in [0.29, 0.717) is 27.8 Å². The average molecular weight is 418 g/mol. The summed E-state index contributed by atoms with van der Waals surface area (Å²) in [5.74, 6) is 0.764. The lowest BCUT2D eigenvalue weighted by Crippen LogP contribution is -2.24. The number of nitrogens with one attached hydrogen (secondary N) is 1. The van der Waals surface area contributed by atoms with Crippen molar-refractivity contribution >= 4 is 38.1 Å². The fourth-order valence-corrected chi connectivity index (χ4v) is 4.00. The molecule has 0 bridgehead atoms. The van der Waals surface area contributed by atoms with E-state index in [1.807, 2.05) is 36.4 Å². The Bertz CT molecular complexity index is 1100. The van der Waals surface area contributed by atoms with E-state index in [-0.39, 0.29) is 11.0 Å². The molecule has 0 unspecified atom stereocenters. The summed E-state index contributed by atoms with van der Waals surface area (Å²) in [5, 5.41) is 3.05. The van der Waals surface area contributed by atoms with Crippen molar-refractivity contribution in [1.29, 1.82) is 0 Å². The normalized spacial score (nSPS) is 11.1. The Morgan fingerprint density at radius 3 is 2.43 bits per heavy atom. The molecule has 0 saturated carbocycles. The van der Waals surface area contributed by atoms with Crippen molar-refractivity contribution in [3.8, 4) is 11.5 Å². The van der Waals surface area contributed by atoms with Crippen molar-refractivity contribution in [1.82, 2.24) is 4.98 Å². The summed E-state index contributed by atoms with van der Waals surface area (Å²) in [4.78, 5) is 17.3. The summed E-state index contributed by atoms with van der Waals surface area (Å²) in [5.41, 5.74) is 0.955. The van der Waals surface area contributed by atoms with Crippen LogP contribution in [0.4, 0.5) is 10.8 Å². The Morgan fingerprint density at radius 1 is 1.11 bits per heavy atom. The molecule has 7 nitrogen and oxygen atoms in total. The number of benzene rings is 2. The first kappa shape index (κ1) is 19.8. The molecular weight excluding hydrogens is 398 g/mol. The van der Waals surface area contributed by atoms with Crippen LogP contribution in [0.1, 0.15) is 15.4 Å². The summed E-state index contributed by atoms with van der Waals surface area (Å²) in [7, 11) is -2.05. The lowest BCUT2D eigenvalue weighted by molar-refractivity contribution is 0.102. The van der Waals surface area contributed by atoms with E-state index in [2.05, 4.69) is 10.3 Å². The third kappa shape index (κ3) is 4.49. The number of carbonyl (C=O) groups is 1. The number of rotatable bonds is 6. The third-order valence-electron chi connectivity index (χ3n) is 3.86. The lowest BCUT2D eigenvalue weighted by Gasteiger charge is -2.12. The Balaban J connectivity index is 1.84. The predicted molar refractivity (Wildman–Crippen MR) is 111 cm³/mol. The number of aromatic nitrogens is 1. The van der Waals surface area contributed by atoms with Gasteiger partial charge in [0.2, 0.25) is 10.0 Å². The van der Waals surface area contributed by atoms with Gasteiger partial charge in [-0.1, -0.05) is 41.7 Å². The van der Waals surface area contributed by atoms with Gasteiger partial charge in [-0.05, 0) is 31.2 Å². The molecule has 28 heavy (non-hydrogen) atoms. The first-order valence-corrected chi connectivity index (χ1v) is 11.0. The number of anilines is 2. The first-order chi connectivity index (χ1) is 13.3. The SMILES string of the molecule is Cc1nc(N(C)S(C)(=O)=O)sc1C(=O)Nc1ccccc1Oc1ccccc1. The second-order valence-electron chi connectivity index (χ2n) is 6.01. The van der Waals surface area contributed by atoms with E-state index < -0.39 is 10.0 Å². The van der Waals surface area contributed by atoms with Gasteiger partial charge in [0.25, 0.3) is 5.91 Å². The van der Waals surface area contributed by atoms with Crippen molar-refractivity contribution in [2.24, 2.45) is 0 Å². The second kappa shape index (κ2) is 7.99. The van der Waals surface area contributed by atoms with E-state index in [1.165, 1.54) is 7.05 Å². The van der Waals surface area contributed by atoms with Crippen molar-refractivity contribution in [3.05, 3.63) is 65.2 Å². The molecule has 0 aliphatic rings. The lowest BCUT2D eigenvalue weighted by atomic mass is 10.2. The molecular formula is C19H19N3O4S2. The summed E-state index contributed by atoms with van der Waals surface area (Å²) < 4.78 is 30.3. The molecule has 1 heterocycles. The minimum absolute atomic E-state index is 0.235. The van der Waals surface area contributed by atoms with Gasteiger partial charge in [0.1, 0.15) is 10.6 Å². The molecule has 1 aromatic heterocycles. The molecule has 0 spiro atoms. The van der Waals surface area contributed by atoms with E-state index in [0.717, 1.165) is 21.9 Å². The van der Waals surface area contributed by atoms with Gasteiger partial charge in [0.05, 0.1) is 17.6 Å². The summed E-state index contributed by atoms with van der Waals surface area (Å²) >= 11 is 1.01. The molecule has 2 aromatic carbocycles. The highest BCUT2D eigenvalue weighted by Gasteiger charge is 2.22. The van der Waals surface area contributed by atoms with Crippen LogP contribution in [0.3, 0.4) is 0 Å². The minimum Gasteiger partial charge on any atom is -0.455 e. The van der Waals surface area contributed by atoms with E-state index >= 15 is 0 Å². The van der Waals surface area contributed by atoms with Gasteiger partial charge in [-0.15, -0.1) is 0 Å². The highest BCUT2D eigenvalue weighted by Crippen LogP contribution is 2.31. The Kier molecular flexibility index (Phi) is 5.66. The number of sulfonamides is 1. The molecule has 1 amide bonds. The number of amides is 1. The average Bonchev–Trinajstić information content (AvgIpc) is 3.04. The van der Waals surface area contributed by atoms with Crippen molar-refractivity contribution < 1.29 is 17.9 Å². The monoisotopic (exact) mass is 417 g/mol. The van der Waals surface area contributed by atoms with Crippen molar-refractivity contribution in [2.75, 3.05) is 22.9 Å². The predicted octanol–water partition coefficient (Wildman–Crippen LogP) is 3.89.